The second-order valence-corrected chi connectivity index (χ2v) is 6.41. The number of benzene rings is 2. The Bertz CT molecular complexity index is 1120. The molecule has 0 bridgehead atoms. The Morgan fingerprint density at radius 2 is 1.69 bits per heavy atom. The molecule has 1 aromatic heterocycles. The van der Waals surface area contributed by atoms with Gasteiger partial charge in [-0.05, 0) is 30.7 Å². The molecule has 2 aromatic carbocycles. The highest BCUT2D eigenvalue weighted by molar-refractivity contribution is 5.89. The predicted molar refractivity (Wildman–Crippen MR) is 114 cm³/mol. The van der Waals surface area contributed by atoms with Gasteiger partial charge in [0, 0.05) is 30.4 Å². The van der Waals surface area contributed by atoms with Crippen LogP contribution in [0.4, 0.5) is 0 Å². The van der Waals surface area contributed by atoms with Crippen LogP contribution in [0.15, 0.2) is 61.2 Å². The van der Waals surface area contributed by atoms with E-state index in [0.717, 1.165) is 16.5 Å². The Morgan fingerprint density at radius 3 is 2.41 bits per heavy atom. The minimum Gasteiger partial charge on any atom is -0.426 e. The van der Waals surface area contributed by atoms with Gasteiger partial charge < -0.3 is 9.47 Å². The SMILES string of the molecule is C=CCc1ccc2ccc(/C=C/c3ccccc3OC(C)=O)nc2c1OC(C)=O. The van der Waals surface area contributed by atoms with Gasteiger partial charge in [0.05, 0.1) is 5.69 Å². The van der Waals surface area contributed by atoms with E-state index < -0.39 is 5.97 Å². The van der Waals surface area contributed by atoms with Crippen LogP contribution in [0.1, 0.15) is 30.7 Å². The zero-order chi connectivity index (χ0) is 20.8. The van der Waals surface area contributed by atoms with Crippen LogP contribution in [-0.4, -0.2) is 16.9 Å². The molecule has 1 heterocycles. The van der Waals surface area contributed by atoms with E-state index in [-0.39, 0.29) is 5.97 Å². The molecule has 0 spiro atoms. The van der Waals surface area contributed by atoms with Crippen molar-refractivity contribution in [3.05, 3.63) is 78.0 Å². The lowest BCUT2D eigenvalue weighted by atomic mass is 10.1. The van der Waals surface area contributed by atoms with E-state index in [2.05, 4.69) is 11.6 Å². The van der Waals surface area contributed by atoms with Crippen molar-refractivity contribution in [3.63, 3.8) is 0 Å². The topological polar surface area (TPSA) is 65.5 Å². The fourth-order valence-corrected chi connectivity index (χ4v) is 2.93. The van der Waals surface area contributed by atoms with Gasteiger partial charge in [0.15, 0.2) is 5.75 Å². The lowest BCUT2D eigenvalue weighted by Gasteiger charge is -2.11. The number of fused-ring (bicyclic) bond motifs is 1. The second kappa shape index (κ2) is 8.97. The number of carbonyl (C=O) groups is 2. The number of pyridine rings is 1. The van der Waals surface area contributed by atoms with Gasteiger partial charge >= 0.3 is 11.9 Å². The van der Waals surface area contributed by atoms with Gasteiger partial charge in [0.1, 0.15) is 11.3 Å². The number of carbonyl (C=O) groups excluding carboxylic acids is 2. The average Bonchev–Trinajstić information content (AvgIpc) is 2.68. The molecule has 0 unspecified atom stereocenters. The maximum Gasteiger partial charge on any atom is 0.308 e. The van der Waals surface area contributed by atoms with E-state index in [4.69, 9.17) is 9.47 Å². The number of hydrogen-bond donors (Lipinski definition) is 0. The Balaban J connectivity index is 2.03. The molecule has 5 nitrogen and oxygen atoms in total. The summed E-state index contributed by atoms with van der Waals surface area (Å²) in [6.45, 7) is 6.49. The van der Waals surface area contributed by atoms with E-state index in [1.807, 2.05) is 48.6 Å². The Morgan fingerprint density at radius 1 is 0.966 bits per heavy atom. The molecular weight excluding hydrogens is 366 g/mol. The molecule has 0 N–H and O–H groups in total. The molecule has 0 saturated carbocycles. The van der Waals surface area contributed by atoms with Crippen molar-refractivity contribution in [2.45, 2.75) is 20.3 Å². The molecule has 29 heavy (non-hydrogen) atoms. The largest absolute Gasteiger partial charge is 0.426 e. The van der Waals surface area contributed by atoms with Crippen LogP contribution >= 0.6 is 0 Å². The number of esters is 2. The van der Waals surface area contributed by atoms with Gasteiger partial charge in [-0.3, -0.25) is 9.59 Å². The first-order chi connectivity index (χ1) is 14.0. The lowest BCUT2D eigenvalue weighted by molar-refractivity contribution is -0.132. The summed E-state index contributed by atoms with van der Waals surface area (Å²) in [5.41, 5.74) is 2.89. The first-order valence-electron chi connectivity index (χ1n) is 9.15. The molecule has 0 fully saturated rings. The number of allylic oxidation sites excluding steroid dienone is 1. The lowest BCUT2D eigenvalue weighted by Crippen LogP contribution is -2.05. The van der Waals surface area contributed by atoms with Crippen LogP contribution in [0.5, 0.6) is 11.5 Å². The minimum atomic E-state index is -0.402. The molecule has 0 radical (unpaired) electrons. The fraction of sp³-hybridized carbons (Fsp3) is 0.125. The summed E-state index contributed by atoms with van der Waals surface area (Å²) in [7, 11) is 0. The van der Waals surface area contributed by atoms with Crippen molar-refractivity contribution < 1.29 is 19.1 Å². The zero-order valence-electron chi connectivity index (χ0n) is 16.3. The van der Waals surface area contributed by atoms with Crippen LogP contribution < -0.4 is 9.47 Å². The number of aromatic nitrogens is 1. The molecule has 0 amide bonds. The van der Waals surface area contributed by atoms with Crippen LogP contribution in [0.3, 0.4) is 0 Å². The van der Waals surface area contributed by atoms with Gasteiger partial charge in [0.2, 0.25) is 0 Å². The van der Waals surface area contributed by atoms with Crippen LogP contribution in [0, 0.1) is 0 Å². The molecule has 0 saturated heterocycles. The highest BCUT2D eigenvalue weighted by Crippen LogP contribution is 2.30. The number of nitrogens with zero attached hydrogens (tertiary/aromatic N) is 1. The van der Waals surface area contributed by atoms with Gasteiger partial charge in [-0.15, -0.1) is 6.58 Å². The Labute approximate surface area is 169 Å². The monoisotopic (exact) mass is 387 g/mol. The van der Waals surface area contributed by atoms with Crippen molar-refractivity contribution in [1.82, 2.24) is 4.98 Å². The number of para-hydroxylation sites is 1. The van der Waals surface area contributed by atoms with Crippen LogP contribution in [-0.2, 0) is 16.0 Å². The van der Waals surface area contributed by atoms with Crippen molar-refractivity contribution in [2.24, 2.45) is 0 Å². The summed E-state index contributed by atoms with van der Waals surface area (Å²) in [6.07, 6.45) is 5.96. The van der Waals surface area contributed by atoms with Gasteiger partial charge in [0.25, 0.3) is 0 Å². The van der Waals surface area contributed by atoms with Crippen molar-refractivity contribution in [3.8, 4) is 11.5 Å². The maximum absolute atomic E-state index is 11.6. The summed E-state index contributed by atoms with van der Waals surface area (Å²) >= 11 is 0. The summed E-state index contributed by atoms with van der Waals surface area (Å²) in [5.74, 6) is 0.146. The molecule has 0 aliphatic carbocycles. The average molecular weight is 387 g/mol. The van der Waals surface area contributed by atoms with Crippen molar-refractivity contribution in [1.29, 1.82) is 0 Å². The predicted octanol–water partition coefficient (Wildman–Crippen LogP) is 4.98. The first-order valence-corrected chi connectivity index (χ1v) is 9.15. The normalized spacial score (nSPS) is 10.8. The summed E-state index contributed by atoms with van der Waals surface area (Å²) < 4.78 is 10.7. The van der Waals surface area contributed by atoms with Crippen LogP contribution in [0.2, 0.25) is 0 Å². The molecule has 3 aromatic rings. The van der Waals surface area contributed by atoms with Gasteiger partial charge in [-0.2, -0.15) is 0 Å². The smallest absolute Gasteiger partial charge is 0.308 e. The standard InChI is InChI=1S/C24H21NO4/c1-4-7-20-11-10-19-13-15-21(25-23(19)24(20)29-17(3)27)14-12-18-8-5-6-9-22(18)28-16(2)26/h4-6,8-15H,1,7H2,2-3H3/b14-12+. The fourth-order valence-electron chi connectivity index (χ4n) is 2.93. The van der Waals surface area contributed by atoms with Crippen molar-refractivity contribution >= 4 is 35.0 Å². The van der Waals surface area contributed by atoms with E-state index in [1.165, 1.54) is 13.8 Å². The van der Waals surface area contributed by atoms with Gasteiger partial charge in [-0.1, -0.05) is 42.5 Å². The third-order valence-corrected chi connectivity index (χ3v) is 4.14. The van der Waals surface area contributed by atoms with E-state index in [1.54, 1.807) is 18.2 Å². The third kappa shape index (κ3) is 4.96. The second-order valence-electron chi connectivity index (χ2n) is 6.41. The molecule has 0 aliphatic rings. The van der Waals surface area contributed by atoms with Crippen LogP contribution in [0.25, 0.3) is 23.1 Å². The zero-order valence-corrected chi connectivity index (χ0v) is 16.3. The summed E-state index contributed by atoms with van der Waals surface area (Å²) in [5, 5.41) is 0.867. The summed E-state index contributed by atoms with van der Waals surface area (Å²) in [6, 6.07) is 14.9. The maximum atomic E-state index is 11.6. The van der Waals surface area contributed by atoms with E-state index in [0.29, 0.717) is 29.1 Å². The summed E-state index contributed by atoms with van der Waals surface area (Å²) in [4.78, 5) is 27.6. The molecule has 0 atom stereocenters. The molecular formula is C24H21NO4. The molecule has 5 heteroatoms. The highest BCUT2D eigenvalue weighted by Gasteiger charge is 2.12. The molecule has 146 valence electrons. The van der Waals surface area contributed by atoms with E-state index >= 15 is 0 Å². The Hall–Kier alpha value is -3.73. The number of rotatable bonds is 6. The minimum absolute atomic E-state index is 0.379. The van der Waals surface area contributed by atoms with E-state index in [9.17, 15) is 9.59 Å². The molecule has 0 aliphatic heterocycles. The quantitative estimate of drug-likeness (QED) is 0.339. The highest BCUT2D eigenvalue weighted by atomic mass is 16.5. The first kappa shape index (κ1) is 20.0. The number of ether oxygens (including phenoxy) is 2. The van der Waals surface area contributed by atoms with Gasteiger partial charge in [-0.25, -0.2) is 4.98 Å². The Kier molecular flexibility index (Phi) is 6.19. The molecule has 3 rings (SSSR count). The number of hydrogen-bond acceptors (Lipinski definition) is 5. The van der Waals surface area contributed by atoms with Crippen molar-refractivity contribution in [2.75, 3.05) is 0 Å². The third-order valence-electron chi connectivity index (χ3n) is 4.14.